The molecule has 9 aromatic rings. The minimum Gasteiger partial charge on any atom is -0.423 e. The maximum atomic E-state index is 13.3. The molecule has 0 aliphatic heterocycles. The molecule has 0 unspecified atom stereocenters. The van der Waals surface area contributed by atoms with Crippen molar-refractivity contribution in [1.82, 2.24) is 99.0 Å². The lowest BCUT2D eigenvalue weighted by Gasteiger charge is -2.21. The van der Waals surface area contributed by atoms with Gasteiger partial charge in [-0.25, -0.2) is 39.9 Å². The Hall–Kier alpha value is -8.98. The molecule has 9 aromatic heterocycles. The number of hydrogen-bond acceptors (Lipinski definition) is 20. The molecule has 0 atom stereocenters. The van der Waals surface area contributed by atoms with Crippen LogP contribution in [0.1, 0.15) is 172 Å². The van der Waals surface area contributed by atoms with Crippen molar-refractivity contribution in [2.45, 2.75) is 160 Å². The first kappa shape index (κ1) is 62.1. The van der Waals surface area contributed by atoms with Crippen LogP contribution in [0.5, 0.6) is 0 Å². The predicted molar refractivity (Wildman–Crippen MR) is 295 cm³/mol. The summed E-state index contributed by atoms with van der Waals surface area (Å²) in [6.07, 6.45) is 1.51. The van der Waals surface area contributed by atoms with Crippen LogP contribution >= 0.6 is 0 Å². The summed E-state index contributed by atoms with van der Waals surface area (Å²) in [5.41, 5.74) is -1.15. The van der Waals surface area contributed by atoms with Crippen LogP contribution in [0.4, 0.5) is 74.4 Å². The van der Waals surface area contributed by atoms with Gasteiger partial charge in [-0.1, -0.05) is 0 Å². The second-order valence-electron chi connectivity index (χ2n) is 23.2. The van der Waals surface area contributed by atoms with E-state index >= 15 is 0 Å². The molecule has 9 heterocycles. The number of nitrogens with zero attached hydrogens (tertiary/aromatic N) is 20. The van der Waals surface area contributed by atoms with E-state index in [4.69, 9.17) is 4.42 Å². The number of aromatic nitrogens is 20. The first-order chi connectivity index (χ1) is 41.2. The van der Waals surface area contributed by atoms with Gasteiger partial charge in [0.1, 0.15) is 35.0 Å². The van der Waals surface area contributed by atoms with E-state index in [9.17, 15) is 44.6 Å². The monoisotopic (exact) mass is 1240 g/mol. The summed E-state index contributed by atoms with van der Waals surface area (Å²) in [5, 5.41) is 48.5. The van der Waals surface area contributed by atoms with Crippen LogP contribution in [0.3, 0.4) is 0 Å². The average Bonchev–Trinajstić information content (AvgIpc) is 3.76. The average molecular weight is 1240 g/mol. The van der Waals surface area contributed by atoms with Gasteiger partial charge in [0.25, 0.3) is 0 Å². The molecule has 88 heavy (non-hydrogen) atoms. The summed E-state index contributed by atoms with van der Waals surface area (Å²) in [5.74, 6) is 1.66. The Morgan fingerprint density at radius 2 is 0.841 bits per heavy atom. The maximum absolute atomic E-state index is 13.3. The van der Waals surface area contributed by atoms with Crippen LogP contribution in [0.2, 0.25) is 0 Å². The van der Waals surface area contributed by atoms with Gasteiger partial charge in [0.05, 0.1) is 81.2 Å². The molecule has 0 saturated heterocycles. The van der Waals surface area contributed by atoms with Crippen molar-refractivity contribution in [3.8, 4) is 0 Å². The summed E-state index contributed by atoms with van der Waals surface area (Å²) in [4.78, 5) is 32.6. The van der Waals surface area contributed by atoms with E-state index in [-0.39, 0.29) is 59.3 Å². The lowest BCUT2D eigenvalue weighted by molar-refractivity contribution is -0.139. The van der Waals surface area contributed by atoms with Gasteiger partial charge in [-0.2, -0.15) is 65.0 Å². The standard InChI is InChI=1S/C18H21F3N8O.C18H21F3N8.C18H20F3N7O/c1-17(2,15-23-9-28(3)27-15)29-7-12(13(8-30)26-29)24-16-22-6-11(18(19,20)21)14(25-16)10-4-5-10;1-10-13(8-29(26-10)17(2,3)15-23-9-28(4)27-15)24-16-22-7-12(18(19,20)21)14(25-16)11-5-6-11;1-9-13(8-28(27-9)17(3,4)15-26-25-10(2)29-15)23-16-22-7-12(18(19,20)21)14(24-16)11-5-6-11/h6-7,9-10,30H,4-5,8H2,1-3H3,(H,22,24,25);7-9,11H,5-6H2,1-4H3,(H,22,24,25);7-8,11H,5-6H2,1-4H3,(H,22,23,24). The third kappa shape index (κ3) is 13.4. The topological polar surface area (TPSA) is 287 Å². The van der Waals surface area contributed by atoms with Crippen molar-refractivity contribution in [1.29, 1.82) is 0 Å². The van der Waals surface area contributed by atoms with Gasteiger partial charge in [0.2, 0.25) is 29.6 Å². The van der Waals surface area contributed by atoms with Crippen LogP contribution < -0.4 is 16.0 Å². The molecule has 468 valence electrons. The Morgan fingerprint density at radius 1 is 0.489 bits per heavy atom. The fourth-order valence-electron chi connectivity index (χ4n) is 9.13. The normalized spacial score (nSPS) is 15.0. The fourth-order valence-corrected chi connectivity index (χ4v) is 9.13. The van der Waals surface area contributed by atoms with Crippen molar-refractivity contribution in [3.63, 3.8) is 0 Å². The minimum absolute atomic E-state index is 0.00374. The number of aliphatic hydroxyl groups excluding tert-OH is 1. The molecule has 0 bridgehead atoms. The van der Waals surface area contributed by atoms with Gasteiger partial charge in [0, 0.05) is 63.6 Å². The first-order valence-electron chi connectivity index (χ1n) is 27.7. The number of aliphatic hydroxyl groups is 1. The summed E-state index contributed by atoms with van der Waals surface area (Å²) in [7, 11) is 3.54. The van der Waals surface area contributed by atoms with E-state index < -0.39 is 51.8 Å². The van der Waals surface area contributed by atoms with Gasteiger partial charge >= 0.3 is 18.5 Å². The number of anilines is 6. The van der Waals surface area contributed by atoms with Crippen molar-refractivity contribution in [2.75, 3.05) is 16.0 Å². The lowest BCUT2D eigenvalue weighted by atomic mass is 10.1. The lowest BCUT2D eigenvalue weighted by Crippen LogP contribution is -2.30. The largest absolute Gasteiger partial charge is 0.423 e. The van der Waals surface area contributed by atoms with Crippen molar-refractivity contribution in [2.24, 2.45) is 14.1 Å². The number of nitrogens with one attached hydrogen (secondary N) is 3. The second-order valence-corrected chi connectivity index (χ2v) is 23.2. The Kier molecular flexibility index (Phi) is 16.2. The molecule has 25 nitrogen and oxygen atoms in total. The van der Waals surface area contributed by atoms with Crippen LogP contribution in [0.25, 0.3) is 0 Å². The molecule has 0 aromatic carbocycles. The third-order valence-corrected chi connectivity index (χ3v) is 14.8. The highest BCUT2D eigenvalue weighted by Gasteiger charge is 2.43. The summed E-state index contributed by atoms with van der Waals surface area (Å²) in [6, 6.07) is 0. The molecule has 3 saturated carbocycles. The Morgan fingerprint density at radius 3 is 1.16 bits per heavy atom. The van der Waals surface area contributed by atoms with Crippen LogP contribution in [0.15, 0.2) is 54.3 Å². The van der Waals surface area contributed by atoms with Gasteiger partial charge in [-0.05, 0) is 93.9 Å². The van der Waals surface area contributed by atoms with Gasteiger partial charge in [-0.15, -0.1) is 10.2 Å². The molecule has 0 radical (unpaired) electrons. The minimum atomic E-state index is -4.50. The van der Waals surface area contributed by atoms with E-state index in [1.165, 1.54) is 0 Å². The number of hydrogen-bond donors (Lipinski definition) is 4. The highest BCUT2D eigenvalue weighted by molar-refractivity contribution is 5.58. The second kappa shape index (κ2) is 22.9. The zero-order valence-corrected chi connectivity index (χ0v) is 49.5. The molecule has 4 N–H and O–H groups in total. The number of aryl methyl sites for hydroxylation is 5. The highest BCUT2D eigenvalue weighted by Crippen LogP contribution is 2.48. The Bertz CT molecular complexity index is 3800. The molecular weight excluding hydrogens is 1170 g/mol. The molecular formula is C54H62F9N23O2. The fraction of sp³-hybridized carbons (Fsp3) is 0.500. The molecule has 34 heteroatoms. The zero-order chi connectivity index (χ0) is 63.6. The van der Waals surface area contributed by atoms with Crippen LogP contribution in [-0.4, -0.2) is 104 Å². The summed E-state index contributed by atoms with van der Waals surface area (Å²) < 4.78 is 133. The number of halogens is 9. The maximum Gasteiger partial charge on any atom is 0.419 e. The SMILES string of the molecule is Cc1nn(C(C)(C)c2ncn(C)n2)cc1Nc1ncc(C(F)(F)F)c(C2CC2)n1.Cc1nnc(C(C)(C)n2cc(Nc3ncc(C(F)(F)F)c(C4CC4)n3)c(C)n2)o1.Cn1cnc(C(C)(C)n2cc(Nc3ncc(C(F)(F)F)c(C4CC4)n3)c(CO)n2)n1. The smallest absolute Gasteiger partial charge is 0.419 e. The van der Waals surface area contributed by atoms with Crippen molar-refractivity contribution in [3.05, 3.63) is 124 Å². The van der Waals surface area contributed by atoms with Gasteiger partial charge in [-0.3, -0.25) is 23.4 Å². The van der Waals surface area contributed by atoms with Crippen LogP contribution in [-0.2, 0) is 55.8 Å². The van der Waals surface area contributed by atoms with Crippen molar-refractivity contribution < 1.29 is 49.0 Å². The first-order valence-corrected chi connectivity index (χ1v) is 27.7. The van der Waals surface area contributed by atoms with E-state index in [0.717, 1.165) is 18.6 Å². The molecule has 3 fully saturated rings. The summed E-state index contributed by atoms with van der Waals surface area (Å²) in [6.45, 7) is 16.2. The molecule has 0 spiro atoms. The molecule has 3 aliphatic rings. The number of alkyl halides is 9. The van der Waals surface area contributed by atoms with E-state index in [2.05, 4.69) is 91.5 Å². The van der Waals surface area contributed by atoms with Gasteiger partial charge < -0.3 is 25.5 Å². The van der Waals surface area contributed by atoms with E-state index in [1.807, 2.05) is 41.5 Å². The van der Waals surface area contributed by atoms with Gasteiger partial charge in [0.15, 0.2) is 11.6 Å². The summed E-state index contributed by atoms with van der Waals surface area (Å²) >= 11 is 0. The van der Waals surface area contributed by atoms with Crippen LogP contribution in [0, 0.1) is 20.8 Å². The number of rotatable bonds is 16. The zero-order valence-electron chi connectivity index (χ0n) is 49.5. The third-order valence-electron chi connectivity index (χ3n) is 14.8. The Labute approximate surface area is 496 Å². The predicted octanol–water partition coefficient (Wildman–Crippen LogP) is 10.3. The van der Waals surface area contributed by atoms with E-state index in [0.29, 0.717) is 96.1 Å². The molecule has 12 rings (SSSR count). The molecule has 0 amide bonds. The highest BCUT2D eigenvalue weighted by atomic mass is 19.4. The van der Waals surface area contributed by atoms with E-state index in [1.54, 1.807) is 89.5 Å². The van der Waals surface area contributed by atoms with Crippen molar-refractivity contribution >= 4 is 34.9 Å². The molecule has 3 aliphatic carbocycles. The Balaban J connectivity index is 0.000000146. The quantitative estimate of drug-likeness (QED) is 0.0654.